The van der Waals surface area contributed by atoms with Gasteiger partial charge in [0.1, 0.15) is 11.3 Å². The van der Waals surface area contributed by atoms with Crippen LogP contribution in [0.5, 0.6) is 5.75 Å². The van der Waals surface area contributed by atoms with Crippen molar-refractivity contribution in [3.8, 4) is 5.75 Å². The minimum absolute atomic E-state index is 0.0562. The molecule has 0 radical (unpaired) electrons. The highest BCUT2D eigenvalue weighted by atomic mass is 35.5. The number of nitro groups is 1. The summed E-state index contributed by atoms with van der Waals surface area (Å²) in [6.07, 6.45) is 0. The first-order valence-electron chi connectivity index (χ1n) is 5.82. The molecule has 0 aromatic heterocycles. The molecular formula is C14H11ClFNO5. The smallest absolute Gasteiger partial charge is 0.341 e. The minimum Gasteiger partial charge on any atom is -0.507 e. The number of phenols is 1. The number of para-hydroxylation sites is 1. The van der Waals surface area contributed by atoms with Gasteiger partial charge in [0.2, 0.25) is 5.82 Å². The molecule has 0 aliphatic heterocycles. The van der Waals surface area contributed by atoms with Crippen molar-refractivity contribution in [2.75, 3.05) is 7.11 Å². The number of esters is 1. The van der Waals surface area contributed by atoms with Crippen LogP contribution in [0.25, 0.3) is 0 Å². The van der Waals surface area contributed by atoms with Crippen LogP contribution in [0, 0.1) is 15.9 Å². The number of carbonyl (C=O) groups excluding carboxylic acids is 1. The van der Waals surface area contributed by atoms with E-state index in [-0.39, 0.29) is 16.3 Å². The Morgan fingerprint density at radius 2 is 1.95 bits per heavy atom. The van der Waals surface area contributed by atoms with Gasteiger partial charge in [0, 0.05) is 11.1 Å². The summed E-state index contributed by atoms with van der Waals surface area (Å²) >= 11 is 5.36. The largest absolute Gasteiger partial charge is 0.507 e. The molecular weight excluding hydrogens is 317 g/mol. The molecule has 116 valence electrons. The fourth-order valence-corrected chi connectivity index (χ4v) is 1.54. The number of hydrogen-bond donors (Lipinski definition) is 1. The summed E-state index contributed by atoms with van der Waals surface area (Å²) < 4.78 is 17.0. The second-order valence-electron chi connectivity index (χ2n) is 3.86. The average Bonchev–Trinajstić information content (AvgIpc) is 2.47. The van der Waals surface area contributed by atoms with Crippen LogP contribution in [0.1, 0.15) is 10.4 Å². The second kappa shape index (κ2) is 7.94. The Kier molecular flexibility index (Phi) is 6.27. The quantitative estimate of drug-likeness (QED) is 0.517. The molecule has 0 saturated carbocycles. The van der Waals surface area contributed by atoms with Gasteiger partial charge in [-0.05, 0) is 24.3 Å². The molecule has 0 fully saturated rings. The average molecular weight is 328 g/mol. The van der Waals surface area contributed by atoms with Crippen LogP contribution in [-0.2, 0) is 4.74 Å². The van der Waals surface area contributed by atoms with E-state index < -0.39 is 22.4 Å². The first-order chi connectivity index (χ1) is 10.4. The summed E-state index contributed by atoms with van der Waals surface area (Å²) in [4.78, 5) is 20.1. The Morgan fingerprint density at radius 1 is 1.32 bits per heavy atom. The first-order valence-corrected chi connectivity index (χ1v) is 6.20. The molecule has 0 bridgehead atoms. The minimum atomic E-state index is -0.914. The Labute approximate surface area is 129 Å². The van der Waals surface area contributed by atoms with E-state index in [9.17, 15) is 19.3 Å². The van der Waals surface area contributed by atoms with Gasteiger partial charge in [-0.1, -0.05) is 23.7 Å². The van der Waals surface area contributed by atoms with E-state index in [2.05, 4.69) is 4.74 Å². The number of halogens is 2. The number of methoxy groups -OCH3 is 1. The molecule has 1 N–H and O–H groups in total. The number of nitrogens with zero attached hydrogens (tertiary/aromatic N) is 1. The van der Waals surface area contributed by atoms with Crippen molar-refractivity contribution in [3.63, 3.8) is 0 Å². The lowest BCUT2D eigenvalue weighted by molar-refractivity contribution is -0.387. The number of benzene rings is 2. The third kappa shape index (κ3) is 4.71. The molecule has 0 atom stereocenters. The van der Waals surface area contributed by atoms with Gasteiger partial charge in [0.15, 0.2) is 0 Å². The topological polar surface area (TPSA) is 89.7 Å². The van der Waals surface area contributed by atoms with Crippen LogP contribution in [0.4, 0.5) is 10.1 Å². The van der Waals surface area contributed by atoms with Gasteiger partial charge in [0.25, 0.3) is 0 Å². The fourth-order valence-electron chi connectivity index (χ4n) is 1.39. The van der Waals surface area contributed by atoms with Crippen molar-refractivity contribution >= 4 is 23.3 Å². The number of nitro benzene ring substituents is 1. The van der Waals surface area contributed by atoms with Crippen molar-refractivity contribution in [2.24, 2.45) is 0 Å². The van der Waals surface area contributed by atoms with E-state index in [1.54, 1.807) is 12.1 Å². The lowest BCUT2D eigenvalue weighted by Crippen LogP contribution is -2.00. The van der Waals surface area contributed by atoms with Crippen molar-refractivity contribution in [3.05, 3.63) is 69.0 Å². The Bertz CT molecular complexity index is 693. The van der Waals surface area contributed by atoms with E-state index >= 15 is 0 Å². The summed E-state index contributed by atoms with van der Waals surface area (Å²) in [6.45, 7) is 0. The predicted octanol–water partition coefficient (Wildman–Crippen LogP) is 3.57. The molecule has 0 amide bonds. The first kappa shape index (κ1) is 17.4. The highest BCUT2D eigenvalue weighted by Gasteiger charge is 2.12. The van der Waals surface area contributed by atoms with Crippen LogP contribution in [0.3, 0.4) is 0 Å². The van der Waals surface area contributed by atoms with Crippen LogP contribution in [-0.4, -0.2) is 23.1 Å². The molecule has 0 unspecified atom stereocenters. The zero-order valence-electron chi connectivity index (χ0n) is 11.3. The van der Waals surface area contributed by atoms with Gasteiger partial charge in [-0.3, -0.25) is 10.1 Å². The maximum absolute atomic E-state index is 12.6. The molecule has 2 aromatic carbocycles. The zero-order valence-corrected chi connectivity index (χ0v) is 12.1. The number of hydrogen-bond acceptors (Lipinski definition) is 5. The van der Waals surface area contributed by atoms with E-state index in [0.717, 1.165) is 12.1 Å². The summed E-state index contributed by atoms with van der Waals surface area (Å²) in [7, 11) is 1.27. The van der Waals surface area contributed by atoms with E-state index in [0.29, 0.717) is 0 Å². The van der Waals surface area contributed by atoms with Crippen LogP contribution in [0.2, 0.25) is 5.02 Å². The van der Waals surface area contributed by atoms with Gasteiger partial charge in [-0.25, -0.2) is 4.79 Å². The van der Waals surface area contributed by atoms with Crippen molar-refractivity contribution in [1.82, 2.24) is 0 Å². The number of aromatic hydroxyl groups is 1. The van der Waals surface area contributed by atoms with Gasteiger partial charge in [0.05, 0.1) is 12.0 Å². The monoisotopic (exact) mass is 327 g/mol. The highest BCUT2D eigenvalue weighted by molar-refractivity contribution is 6.30. The van der Waals surface area contributed by atoms with Crippen LogP contribution >= 0.6 is 11.6 Å². The van der Waals surface area contributed by atoms with Crippen LogP contribution in [0.15, 0.2) is 42.5 Å². The molecule has 0 aliphatic rings. The second-order valence-corrected chi connectivity index (χ2v) is 4.30. The molecule has 2 aromatic rings. The number of rotatable bonds is 2. The number of phenolic OH excluding ortho intramolecular Hbond substituents is 1. The van der Waals surface area contributed by atoms with E-state index in [1.165, 1.54) is 25.3 Å². The maximum atomic E-state index is 12.6. The third-order valence-corrected chi connectivity index (χ3v) is 2.65. The Balaban J connectivity index is 0.000000220. The van der Waals surface area contributed by atoms with Crippen molar-refractivity contribution < 1.29 is 24.0 Å². The molecule has 6 nitrogen and oxygen atoms in total. The maximum Gasteiger partial charge on any atom is 0.341 e. The molecule has 0 saturated heterocycles. The summed E-state index contributed by atoms with van der Waals surface area (Å²) in [5.41, 5.74) is -0.371. The zero-order chi connectivity index (χ0) is 16.7. The summed E-state index contributed by atoms with van der Waals surface area (Å²) in [6, 6.07) is 9.43. The summed E-state index contributed by atoms with van der Waals surface area (Å²) in [5, 5.41) is 19.3. The van der Waals surface area contributed by atoms with Crippen molar-refractivity contribution in [1.29, 1.82) is 0 Å². The van der Waals surface area contributed by atoms with Gasteiger partial charge >= 0.3 is 11.7 Å². The molecule has 8 heteroatoms. The Morgan fingerprint density at radius 3 is 2.45 bits per heavy atom. The van der Waals surface area contributed by atoms with Gasteiger partial charge in [-0.2, -0.15) is 4.39 Å². The molecule has 2 rings (SSSR count). The number of carbonyl (C=O) groups is 1. The third-order valence-electron chi connectivity index (χ3n) is 2.42. The van der Waals surface area contributed by atoms with Gasteiger partial charge < -0.3 is 9.84 Å². The fraction of sp³-hybridized carbons (Fsp3) is 0.0714. The van der Waals surface area contributed by atoms with Crippen molar-refractivity contribution in [2.45, 2.75) is 0 Å². The SMILES string of the molecule is COC(=O)c1ccccc1O.O=[N+]([O-])c1ccc(Cl)cc1F. The van der Waals surface area contributed by atoms with Gasteiger partial charge in [-0.15, -0.1) is 0 Å². The molecule has 0 aliphatic carbocycles. The molecule has 0 spiro atoms. The van der Waals surface area contributed by atoms with E-state index in [4.69, 9.17) is 16.7 Å². The normalized spacial score (nSPS) is 9.41. The number of ether oxygens (including phenoxy) is 1. The van der Waals surface area contributed by atoms with E-state index in [1.807, 2.05) is 0 Å². The standard InChI is InChI=1S/C8H8O3.C6H3ClFNO2/c1-11-8(10)6-4-2-3-5-7(6)9;7-4-1-2-6(9(10)11)5(8)3-4/h2-5,9H,1H3;1-3H. The molecule has 0 heterocycles. The highest BCUT2D eigenvalue weighted by Crippen LogP contribution is 2.20. The molecule has 22 heavy (non-hydrogen) atoms. The summed E-state index contributed by atoms with van der Waals surface area (Å²) in [5.74, 6) is -1.50. The van der Waals surface area contributed by atoms with Crippen LogP contribution < -0.4 is 0 Å². The Hall–Kier alpha value is -2.67. The lowest BCUT2D eigenvalue weighted by atomic mass is 10.2. The predicted molar refractivity (Wildman–Crippen MR) is 77.5 cm³/mol. The lowest BCUT2D eigenvalue weighted by Gasteiger charge is -1.99.